The van der Waals surface area contributed by atoms with Gasteiger partial charge in [0.2, 0.25) is 0 Å². The lowest BCUT2D eigenvalue weighted by Crippen LogP contribution is -1.97. The Hall–Kier alpha value is -0.390. The summed E-state index contributed by atoms with van der Waals surface area (Å²) in [6.45, 7) is 10.7. The van der Waals surface area contributed by atoms with E-state index in [-0.39, 0.29) is 0 Å². The lowest BCUT2D eigenvalue weighted by atomic mass is 9.93. The summed E-state index contributed by atoms with van der Waals surface area (Å²) in [5.41, 5.74) is 1.55. The van der Waals surface area contributed by atoms with Crippen LogP contribution in [0.1, 0.15) is 52.9 Å². The van der Waals surface area contributed by atoms with Gasteiger partial charge >= 0.3 is 0 Å². The SMILES string of the molecule is [CH2+]C(CC)/C(=C\C)CCCCC. The van der Waals surface area contributed by atoms with E-state index in [1.807, 2.05) is 0 Å². The van der Waals surface area contributed by atoms with Crippen molar-refractivity contribution in [2.75, 3.05) is 0 Å². The molecule has 0 fully saturated rings. The van der Waals surface area contributed by atoms with Gasteiger partial charge in [0.05, 0.1) is 6.92 Å². The topological polar surface area (TPSA) is 0 Å². The molecular formula is C12H23+. The molecule has 0 amide bonds. The highest BCUT2D eigenvalue weighted by atomic mass is 14.1. The summed E-state index contributed by atoms with van der Waals surface area (Å²) < 4.78 is 0. The molecule has 0 aliphatic rings. The molecule has 1 atom stereocenters. The predicted octanol–water partition coefficient (Wildman–Crippen LogP) is 4.37. The van der Waals surface area contributed by atoms with E-state index in [1.54, 1.807) is 5.57 Å². The van der Waals surface area contributed by atoms with Crippen LogP contribution in [0, 0.1) is 12.8 Å². The third kappa shape index (κ3) is 4.48. The van der Waals surface area contributed by atoms with E-state index in [1.165, 1.54) is 32.1 Å². The minimum atomic E-state index is 0.548. The van der Waals surface area contributed by atoms with E-state index < -0.39 is 0 Å². The van der Waals surface area contributed by atoms with Crippen molar-refractivity contribution in [3.8, 4) is 0 Å². The molecule has 0 rings (SSSR count). The second-order valence-corrected chi connectivity index (χ2v) is 3.43. The van der Waals surface area contributed by atoms with E-state index in [0.717, 1.165) is 0 Å². The van der Waals surface area contributed by atoms with Crippen LogP contribution in [-0.2, 0) is 0 Å². The highest BCUT2D eigenvalue weighted by Crippen LogP contribution is 2.19. The van der Waals surface area contributed by atoms with Gasteiger partial charge in [-0.3, -0.25) is 0 Å². The van der Waals surface area contributed by atoms with Crippen LogP contribution in [0.3, 0.4) is 0 Å². The van der Waals surface area contributed by atoms with Crippen LogP contribution in [0.25, 0.3) is 0 Å². The average molecular weight is 167 g/mol. The maximum atomic E-state index is 4.14. The maximum absolute atomic E-state index is 4.14. The number of allylic oxidation sites excluding steroid dienone is 2. The van der Waals surface area contributed by atoms with E-state index in [4.69, 9.17) is 0 Å². The molecule has 70 valence electrons. The Morgan fingerprint density at radius 3 is 2.42 bits per heavy atom. The van der Waals surface area contributed by atoms with Crippen LogP contribution in [0.2, 0.25) is 0 Å². The molecule has 0 aromatic rings. The van der Waals surface area contributed by atoms with E-state index in [9.17, 15) is 0 Å². The molecule has 0 saturated heterocycles. The van der Waals surface area contributed by atoms with E-state index in [0.29, 0.717) is 5.92 Å². The number of rotatable bonds is 6. The minimum absolute atomic E-state index is 0.548. The normalized spacial score (nSPS) is 14.8. The molecule has 0 bridgehead atoms. The summed E-state index contributed by atoms with van der Waals surface area (Å²) in [5, 5.41) is 0. The molecule has 0 aromatic heterocycles. The molecule has 0 heteroatoms. The summed E-state index contributed by atoms with van der Waals surface area (Å²) in [7, 11) is 0. The summed E-state index contributed by atoms with van der Waals surface area (Å²) in [4.78, 5) is 0. The van der Waals surface area contributed by atoms with Gasteiger partial charge in [-0.25, -0.2) is 0 Å². The van der Waals surface area contributed by atoms with Gasteiger partial charge in [-0.05, 0) is 31.8 Å². The van der Waals surface area contributed by atoms with Gasteiger partial charge < -0.3 is 0 Å². The highest BCUT2D eigenvalue weighted by molar-refractivity contribution is 5.06. The molecule has 0 aromatic carbocycles. The molecule has 0 radical (unpaired) electrons. The monoisotopic (exact) mass is 167 g/mol. The first kappa shape index (κ1) is 11.6. The third-order valence-corrected chi connectivity index (χ3v) is 2.46. The van der Waals surface area contributed by atoms with Crippen molar-refractivity contribution in [1.82, 2.24) is 0 Å². The van der Waals surface area contributed by atoms with Crippen LogP contribution < -0.4 is 0 Å². The van der Waals surface area contributed by atoms with Crippen LogP contribution in [-0.4, -0.2) is 0 Å². The van der Waals surface area contributed by atoms with Gasteiger partial charge in [0.15, 0.2) is 0 Å². The smallest absolute Gasteiger partial charge is 0.0839 e. The highest BCUT2D eigenvalue weighted by Gasteiger charge is 2.10. The van der Waals surface area contributed by atoms with E-state index in [2.05, 4.69) is 33.8 Å². The van der Waals surface area contributed by atoms with Crippen molar-refractivity contribution in [3.63, 3.8) is 0 Å². The van der Waals surface area contributed by atoms with Crippen molar-refractivity contribution in [3.05, 3.63) is 18.6 Å². The summed E-state index contributed by atoms with van der Waals surface area (Å²) >= 11 is 0. The standard InChI is InChI=1S/C12H23/c1-5-8-9-10-12(7-3)11(4)6-2/h7,11H,4-6,8-10H2,1-3H3/q+1/b12-7-. The third-order valence-electron chi connectivity index (χ3n) is 2.46. The number of hydrogen-bond acceptors (Lipinski definition) is 0. The largest absolute Gasteiger partial charge is 0.116 e. The first-order valence-electron chi connectivity index (χ1n) is 5.24. The molecule has 1 unspecified atom stereocenters. The summed E-state index contributed by atoms with van der Waals surface area (Å²) in [5.74, 6) is 0.548. The fourth-order valence-corrected chi connectivity index (χ4v) is 1.43. The molecule has 0 spiro atoms. The average Bonchev–Trinajstić information content (AvgIpc) is 2.11. The zero-order valence-electron chi connectivity index (χ0n) is 8.90. The van der Waals surface area contributed by atoms with Gasteiger partial charge in [-0.1, -0.05) is 32.8 Å². The zero-order chi connectivity index (χ0) is 9.40. The first-order valence-corrected chi connectivity index (χ1v) is 5.24. The number of hydrogen-bond donors (Lipinski definition) is 0. The van der Waals surface area contributed by atoms with Crippen LogP contribution in [0.15, 0.2) is 11.6 Å². The molecule has 0 aliphatic heterocycles. The fraction of sp³-hybridized carbons (Fsp3) is 0.750. The van der Waals surface area contributed by atoms with Gasteiger partial charge in [0.25, 0.3) is 0 Å². The van der Waals surface area contributed by atoms with Crippen molar-refractivity contribution in [2.24, 2.45) is 5.92 Å². The van der Waals surface area contributed by atoms with Gasteiger partial charge in [0, 0.05) is 0 Å². The van der Waals surface area contributed by atoms with Gasteiger partial charge in [-0.2, -0.15) is 0 Å². The lowest BCUT2D eigenvalue weighted by Gasteiger charge is -2.07. The Morgan fingerprint density at radius 2 is 2.00 bits per heavy atom. The Balaban J connectivity index is 3.69. The Kier molecular flexibility index (Phi) is 7.03. The molecule has 0 aliphatic carbocycles. The Labute approximate surface area is 78.1 Å². The minimum Gasteiger partial charge on any atom is -0.0839 e. The maximum Gasteiger partial charge on any atom is 0.116 e. The van der Waals surface area contributed by atoms with Crippen LogP contribution >= 0.6 is 0 Å². The summed E-state index contributed by atoms with van der Waals surface area (Å²) in [6.07, 6.45) is 8.68. The van der Waals surface area contributed by atoms with Crippen molar-refractivity contribution in [1.29, 1.82) is 0 Å². The molecule has 12 heavy (non-hydrogen) atoms. The van der Waals surface area contributed by atoms with Crippen LogP contribution in [0.5, 0.6) is 0 Å². The van der Waals surface area contributed by atoms with Crippen molar-refractivity contribution in [2.45, 2.75) is 52.9 Å². The van der Waals surface area contributed by atoms with Crippen molar-refractivity contribution >= 4 is 0 Å². The van der Waals surface area contributed by atoms with Gasteiger partial charge in [0.1, 0.15) is 5.92 Å². The first-order chi connectivity index (χ1) is 5.76. The predicted molar refractivity (Wildman–Crippen MR) is 57.0 cm³/mol. The lowest BCUT2D eigenvalue weighted by molar-refractivity contribution is 0.633. The van der Waals surface area contributed by atoms with E-state index >= 15 is 0 Å². The number of unbranched alkanes of at least 4 members (excludes halogenated alkanes) is 2. The van der Waals surface area contributed by atoms with Crippen molar-refractivity contribution < 1.29 is 0 Å². The second-order valence-electron chi connectivity index (χ2n) is 3.43. The zero-order valence-corrected chi connectivity index (χ0v) is 8.90. The summed E-state index contributed by atoms with van der Waals surface area (Å²) in [6, 6.07) is 0. The quantitative estimate of drug-likeness (QED) is 0.313. The Morgan fingerprint density at radius 1 is 1.33 bits per heavy atom. The molecule has 0 saturated carbocycles. The van der Waals surface area contributed by atoms with Gasteiger partial charge in [-0.15, -0.1) is 0 Å². The Bertz CT molecular complexity index is 122. The molecular weight excluding hydrogens is 144 g/mol. The molecule has 0 N–H and O–H groups in total. The second kappa shape index (κ2) is 7.27. The molecule has 0 nitrogen and oxygen atoms in total. The van der Waals surface area contributed by atoms with Crippen LogP contribution in [0.4, 0.5) is 0 Å². The fourth-order valence-electron chi connectivity index (χ4n) is 1.43. The molecule has 0 heterocycles.